The van der Waals surface area contributed by atoms with E-state index < -0.39 is 0 Å². The molecule has 16 heavy (non-hydrogen) atoms. The number of nitrogens with two attached hydrogens (primary N) is 1. The lowest BCUT2D eigenvalue weighted by atomic mass is 10.2. The molecule has 0 saturated heterocycles. The van der Waals surface area contributed by atoms with Crippen molar-refractivity contribution in [1.82, 2.24) is 15.2 Å². The molecule has 0 aliphatic carbocycles. The van der Waals surface area contributed by atoms with Crippen LogP contribution in [0.1, 0.15) is 26.0 Å². The van der Waals surface area contributed by atoms with Crippen LogP contribution in [0.15, 0.2) is 12.3 Å². The number of nitrogens with one attached hydrogen (secondary N) is 1. The van der Waals surface area contributed by atoms with Gasteiger partial charge in [0.15, 0.2) is 0 Å². The lowest BCUT2D eigenvalue weighted by molar-refractivity contribution is 0.563. The van der Waals surface area contributed by atoms with Gasteiger partial charge in [0.1, 0.15) is 0 Å². The minimum Gasteiger partial charge on any atom is -0.276 e. The molecule has 1 aromatic heterocycles. The smallest absolute Gasteiger partial charge is 0.0640 e. The van der Waals surface area contributed by atoms with E-state index in [1.54, 1.807) is 0 Å². The Kier molecular flexibility index (Phi) is 5.87. The molecule has 3 N–H and O–H groups in total. The summed E-state index contributed by atoms with van der Waals surface area (Å²) < 4.78 is 1.82. The van der Waals surface area contributed by atoms with Crippen LogP contribution in [-0.2, 0) is 13.5 Å². The molecule has 0 radical (unpaired) electrons. The minimum absolute atomic E-state index is 0.300. The van der Waals surface area contributed by atoms with Crippen LogP contribution in [0, 0.1) is 0 Å². The molecule has 1 rings (SSSR count). The molecule has 0 spiro atoms. The Hall–Kier alpha value is -0.520. The highest BCUT2D eigenvalue weighted by molar-refractivity contribution is 7.99. The summed E-state index contributed by atoms with van der Waals surface area (Å²) in [7, 11) is 1.93. The Morgan fingerprint density at radius 2 is 2.38 bits per heavy atom. The fraction of sp³-hybridized carbons (Fsp3) is 0.727. The van der Waals surface area contributed by atoms with Gasteiger partial charge in [-0.1, -0.05) is 13.8 Å². The fourth-order valence-corrected chi connectivity index (χ4v) is 2.40. The van der Waals surface area contributed by atoms with Crippen molar-refractivity contribution < 1.29 is 0 Å². The number of hydrogen-bond acceptors (Lipinski definition) is 4. The lowest BCUT2D eigenvalue weighted by Gasteiger charge is -2.16. The van der Waals surface area contributed by atoms with Crippen LogP contribution in [-0.4, -0.2) is 26.8 Å². The van der Waals surface area contributed by atoms with Gasteiger partial charge in [0.2, 0.25) is 0 Å². The van der Waals surface area contributed by atoms with Gasteiger partial charge in [0.25, 0.3) is 0 Å². The highest BCUT2D eigenvalue weighted by Gasteiger charge is 2.11. The number of rotatable bonds is 7. The van der Waals surface area contributed by atoms with E-state index in [1.165, 1.54) is 6.42 Å². The van der Waals surface area contributed by atoms with Crippen molar-refractivity contribution in [1.29, 1.82) is 0 Å². The Balaban J connectivity index is 2.37. The quantitative estimate of drug-likeness (QED) is 0.559. The highest BCUT2D eigenvalue weighted by atomic mass is 32.2. The molecule has 2 unspecified atom stereocenters. The number of aryl methyl sites for hydroxylation is 1. The van der Waals surface area contributed by atoms with Crippen LogP contribution in [0.3, 0.4) is 0 Å². The van der Waals surface area contributed by atoms with Crippen LogP contribution < -0.4 is 11.3 Å². The maximum atomic E-state index is 5.56. The van der Waals surface area contributed by atoms with Crippen molar-refractivity contribution in [2.45, 2.75) is 38.0 Å². The summed E-state index contributed by atoms with van der Waals surface area (Å²) in [6.07, 6.45) is 4.05. The topological polar surface area (TPSA) is 55.9 Å². The molecule has 1 heterocycles. The first-order valence-corrected chi connectivity index (χ1v) is 6.76. The maximum Gasteiger partial charge on any atom is 0.0640 e. The van der Waals surface area contributed by atoms with E-state index in [9.17, 15) is 0 Å². The van der Waals surface area contributed by atoms with Gasteiger partial charge >= 0.3 is 0 Å². The fourth-order valence-electron chi connectivity index (χ4n) is 1.39. The van der Waals surface area contributed by atoms with Gasteiger partial charge in [0.05, 0.1) is 5.69 Å². The molecule has 0 fully saturated rings. The Labute approximate surface area is 102 Å². The average molecular weight is 242 g/mol. The van der Waals surface area contributed by atoms with Crippen molar-refractivity contribution in [3.05, 3.63) is 18.0 Å². The summed E-state index contributed by atoms with van der Waals surface area (Å²) in [6.45, 7) is 4.46. The molecule has 92 valence electrons. The monoisotopic (exact) mass is 242 g/mol. The average Bonchev–Trinajstić information content (AvgIpc) is 2.69. The number of thioether (sulfide) groups is 1. The zero-order chi connectivity index (χ0) is 12.0. The molecule has 0 saturated carbocycles. The van der Waals surface area contributed by atoms with E-state index in [4.69, 9.17) is 5.84 Å². The third-order valence-corrected chi connectivity index (χ3v) is 4.11. The Morgan fingerprint density at radius 1 is 1.62 bits per heavy atom. The van der Waals surface area contributed by atoms with Crippen LogP contribution in [0.2, 0.25) is 0 Å². The third-order valence-electron chi connectivity index (χ3n) is 2.62. The third kappa shape index (κ3) is 4.55. The first-order chi connectivity index (χ1) is 7.65. The van der Waals surface area contributed by atoms with Gasteiger partial charge in [0, 0.05) is 36.7 Å². The van der Waals surface area contributed by atoms with Crippen molar-refractivity contribution in [3.63, 3.8) is 0 Å². The van der Waals surface area contributed by atoms with Gasteiger partial charge in [-0.25, -0.2) is 0 Å². The van der Waals surface area contributed by atoms with Gasteiger partial charge in [-0.2, -0.15) is 16.9 Å². The standard InChI is InChI=1S/C11H22N4S/c1-4-9(2)16-8-11(13-12)7-10-5-6-15(3)14-10/h5-6,9,11,13H,4,7-8,12H2,1-3H3. The van der Waals surface area contributed by atoms with Gasteiger partial charge in [-0.05, 0) is 12.5 Å². The number of nitrogens with zero attached hydrogens (tertiary/aromatic N) is 2. The summed E-state index contributed by atoms with van der Waals surface area (Å²) in [6, 6.07) is 2.34. The molecule has 0 aliphatic heterocycles. The molecule has 0 bridgehead atoms. The van der Waals surface area contributed by atoms with Gasteiger partial charge in [-0.3, -0.25) is 16.0 Å². The molecular formula is C11H22N4S. The van der Waals surface area contributed by atoms with Crippen LogP contribution in [0.25, 0.3) is 0 Å². The van der Waals surface area contributed by atoms with Crippen molar-refractivity contribution >= 4 is 11.8 Å². The molecule has 4 nitrogen and oxygen atoms in total. The van der Waals surface area contributed by atoms with Gasteiger partial charge < -0.3 is 0 Å². The summed E-state index contributed by atoms with van der Waals surface area (Å²) in [5.41, 5.74) is 3.96. The van der Waals surface area contributed by atoms with Crippen LogP contribution in [0.4, 0.5) is 0 Å². The van der Waals surface area contributed by atoms with Crippen LogP contribution in [0.5, 0.6) is 0 Å². The van der Waals surface area contributed by atoms with Gasteiger partial charge in [-0.15, -0.1) is 0 Å². The Morgan fingerprint density at radius 3 is 2.88 bits per heavy atom. The second-order valence-electron chi connectivity index (χ2n) is 4.10. The number of aromatic nitrogens is 2. The van der Waals surface area contributed by atoms with Crippen molar-refractivity contribution in [3.8, 4) is 0 Å². The molecule has 0 amide bonds. The first-order valence-electron chi connectivity index (χ1n) is 5.72. The molecule has 2 atom stereocenters. The summed E-state index contributed by atoms with van der Waals surface area (Å²) in [5, 5.41) is 5.05. The number of hydrazine groups is 1. The van der Waals surface area contributed by atoms with Crippen LogP contribution >= 0.6 is 11.8 Å². The number of hydrogen-bond donors (Lipinski definition) is 2. The molecule has 0 aromatic carbocycles. The summed E-state index contributed by atoms with van der Waals surface area (Å²) in [4.78, 5) is 0. The van der Waals surface area contributed by atoms with E-state index in [2.05, 4.69) is 24.4 Å². The van der Waals surface area contributed by atoms with E-state index >= 15 is 0 Å². The zero-order valence-electron chi connectivity index (χ0n) is 10.3. The van der Waals surface area contributed by atoms with Crippen molar-refractivity contribution in [2.75, 3.05) is 5.75 Å². The lowest BCUT2D eigenvalue weighted by Crippen LogP contribution is -2.39. The predicted octanol–water partition coefficient (Wildman–Crippen LogP) is 1.33. The van der Waals surface area contributed by atoms with E-state index in [-0.39, 0.29) is 0 Å². The first kappa shape index (κ1) is 13.5. The predicted molar refractivity (Wildman–Crippen MR) is 70.2 cm³/mol. The Bertz CT molecular complexity index is 300. The zero-order valence-corrected chi connectivity index (χ0v) is 11.1. The highest BCUT2D eigenvalue weighted by Crippen LogP contribution is 2.15. The second kappa shape index (κ2) is 6.93. The van der Waals surface area contributed by atoms with E-state index in [0.717, 1.165) is 17.9 Å². The summed E-state index contributed by atoms with van der Waals surface area (Å²) in [5.74, 6) is 6.59. The summed E-state index contributed by atoms with van der Waals surface area (Å²) >= 11 is 1.96. The molecular weight excluding hydrogens is 220 g/mol. The van der Waals surface area contributed by atoms with E-state index in [1.807, 2.05) is 35.8 Å². The molecule has 0 aliphatic rings. The SMILES string of the molecule is CCC(C)SCC(Cc1ccn(C)n1)NN. The molecule has 1 aromatic rings. The second-order valence-corrected chi connectivity index (χ2v) is 5.57. The normalized spacial score (nSPS) is 15.0. The molecule has 5 heteroatoms. The largest absolute Gasteiger partial charge is 0.276 e. The van der Waals surface area contributed by atoms with E-state index in [0.29, 0.717) is 11.3 Å². The maximum absolute atomic E-state index is 5.56. The minimum atomic E-state index is 0.300. The van der Waals surface area contributed by atoms with Crippen molar-refractivity contribution in [2.24, 2.45) is 12.9 Å².